The van der Waals surface area contributed by atoms with E-state index in [0.29, 0.717) is 6.54 Å². The molecule has 0 bridgehead atoms. The zero-order valence-electron chi connectivity index (χ0n) is 11.9. The van der Waals surface area contributed by atoms with Gasteiger partial charge >= 0.3 is 0 Å². The molecule has 0 aromatic heterocycles. The van der Waals surface area contributed by atoms with E-state index in [1.54, 1.807) is 0 Å². The molecule has 0 spiro atoms. The van der Waals surface area contributed by atoms with Crippen molar-refractivity contribution in [1.29, 1.82) is 0 Å². The summed E-state index contributed by atoms with van der Waals surface area (Å²) in [7, 11) is 1.96. The number of aryl methyl sites for hydroxylation is 1. The highest BCUT2D eigenvalue weighted by Crippen LogP contribution is 2.19. The van der Waals surface area contributed by atoms with E-state index in [4.69, 9.17) is 5.11 Å². The van der Waals surface area contributed by atoms with Crippen molar-refractivity contribution < 1.29 is 5.11 Å². The Kier molecular flexibility index (Phi) is 6.76. The van der Waals surface area contributed by atoms with E-state index in [2.05, 4.69) is 42.3 Å². The van der Waals surface area contributed by atoms with E-state index in [9.17, 15) is 0 Å². The third kappa shape index (κ3) is 4.31. The van der Waals surface area contributed by atoms with Gasteiger partial charge in [-0.2, -0.15) is 0 Å². The highest BCUT2D eigenvalue weighted by atomic mass is 16.3. The van der Waals surface area contributed by atoms with Gasteiger partial charge in [0.15, 0.2) is 0 Å². The second-order valence-electron chi connectivity index (χ2n) is 4.71. The number of hydrogen-bond acceptors (Lipinski definition) is 3. The fraction of sp³-hybridized carbons (Fsp3) is 0.600. The normalized spacial score (nSPS) is 10.7. The van der Waals surface area contributed by atoms with Gasteiger partial charge in [-0.05, 0) is 43.7 Å². The number of nitrogens with one attached hydrogen (secondary N) is 1. The summed E-state index contributed by atoms with van der Waals surface area (Å²) in [6.45, 7) is 7.18. The number of hydrogen-bond donors (Lipinski definition) is 2. The van der Waals surface area contributed by atoms with Crippen LogP contribution < -0.4 is 10.2 Å². The van der Waals surface area contributed by atoms with E-state index in [1.807, 2.05) is 7.05 Å². The van der Waals surface area contributed by atoms with Crippen LogP contribution in [0.3, 0.4) is 0 Å². The maximum absolute atomic E-state index is 9.15. The third-order valence-electron chi connectivity index (χ3n) is 3.21. The fourth-order valence-electron chi connectivity index (χ4n) is 2.11. The second-order valence-corrected chi connectivity index (χ2v) is 4.71. The lowest BCUT2D eigenvalue weighted by molar-refractivity contribution is 0.301. The summed E-state index contributed by atoms with van der Waals surface area (Å²) in [6.07, 6.45) is 2.34. The molecule has 3 heteroatoms. The van der Waals surface area contributed by atoms with Crippen LogP contribution in [0.25, 0.3) is 0 Å². The Hall–Kier alpha value is -1.06. The van der Waals surface area contributed by atoms with Gasteiger partial charge in [0.25, 0.3) is 0 Å². The zero-order valence-corrected chi connectivity index (χ0v) is 11.9. The van der Waals surface area contributed by atoms with E-state index in [-0.39, 0.29) is 6.61 Å². The third-order valence-corrected chi connectivity index (χ3v) is 3.21. The average Bonchev–Trinajstić information content (AvgIpc) is 2.37. The lowest BCUT2D eigenvalue weighted by Crippen LogP contribution is -2.27. The topological polar surface area (TPSA) is 35.5 Å². The summed E-state index contributed by atoms with van der Waals surface area (Å²) < 4.78 is 0. The minimum atomic E-state index is 0.209. The molecule has 3 nitrogen and oxygen atoms in total. The number of benzene rings is 1. The van der Waals surface area contributed by atoms with Crippen LogP contribution in [-0.4, -0.2) is 31.9 Å². The van der Waals surface area contributed by atoms with E-state index in [0.717, 1.165) is 19.5 Å². The van der Waals surface area contributed by atoms with Crippen LogP contribution in [0.1, 0.15) is 30.9 Å². The Labute approximate surface area is 111 Å². The predicted octanol–water partition coefficient (Wildman–Crippen LogP) is 2.31. The smallest absolute Gasteiger partial charge is 0.0606 e. The van der Waals surface area contributed by atoms with Crippen LogP contribution in [0.2, 0.25) is 0 Å². The molecule has 102 valence electrons. The second kappa shape index (κ2) is 8.11. The maximum atomic E-state index is 9.15. The van der Waals surface area contributed by atoms with Gasteiger partial charge in [0.05, 0.1) is 6.61 Å². The Morgan fingerprint density at radius 3 is 2.61 bits per heavy atom. The predicted molar refractivity (Wildman–Crippen MR) is 78.1 cm³/mol. The first-order valence-electron chi connectivity index (χ1n) is 6.82. The number of anilines is 1. The maximum Gasteiger partial charge on any atom is 0.0606 e. The molecule has 0 heterocycles. The van der Waals surface area contributed by atoms with Gasteiger partial charge in [0.1, 0.15) is 0 Å². The quantitative estimate of drug-likeness (QED) is 0.743. The first-order chi connectivity index (χ1) is 8.72. The number of unbranched alkanes of at least 4 members (excludes halogenated alkanes) is 1. The highest BCUT2D eigenvalue weighted by Gasteiger charge is 2.07. The molecule has 0 aliphatic carbocycles. The molecule has 0 saturated carbocycles. The van der Waals surface area contributed by atoms with Gasteiger partial charge in [0, 0.05) is 25.3 Å². The summed E-state index contributed by atoms with van der Waals surface area (Å²) in [6, 6.07) is 6.56. The summed E-state index contributed by atoms with van der Waals surface area (Å²) >= 11 is 0. The highest BCUT2D eigenvalue weighted by molar-refractivity contribution is 5.50. The number of aliphatic hydroxyl groups excluding tert-OH is 1. The molecular formula is C15H26N2O. The molecule has 2 N–H and O–H groups in total. The van der Waals surface area contributed by atoms with Crippen molar-refractivity contribution in [2.75, 3.05) is 31.6 Å². The molecule has 0 amide bonds. The van der Waals surface area contributed by atoms with Crippen LogP contribution in [0.4, 0.5) is 5.69 Å². The van der Waals surface area contributed by atoms with Crippen molar-refractivity contribution in [3.8, 4) is 0 Å². The standard InChI is InChI=1S/C15H26N2O/c1-4-5-8-17(9-10-18)15-7-6-14(12-16-3)13(2)11-15/h6-7,11,16,18H,4-5,8-10,12H2,1-3H3. The van der Waals surface area contributed by atoms with Gasteiger partial charge in [0.2, 0.25) is 0 Å². The van der Waals surface area contributed by atoms with Gasteiger partial charge in [-0.3, -0.25) is 0 Å². The van der Waals surface area contributed by atoms with Crippen LogP contribution in [-0.2, 0) is 6.54 Å². The van der Waals surface area contributed by atoms with Crippen molar-refractivity contribution in [3.63, 3.8) is 0 Å². The molecule has 0 aliphatic rings. The van der Waals surface area contributed by atoms with Crippen molar-refractivity contribution in [3.05, 3.63) is 29.3 Å². The zero-order chi connectivity index (χ0) is 13.4. The lowest BCUT2D eigenvalue weighted by atomic mass is 10.1. The summed E-state index contributed by atoms with van der Waals surface area (Å²) in [5, 5.41) is 12.3. The number of aliphatic hydroxyl groups is 1. The van der Waals surface area contributed by atoms with Crippen LogP contribution in [0.5, 0.6) is 0 Å². The average molecular weight is 250 g/mol. The summed E-state index contributed by atoms with van der Waals surface area (Å²) in [5.41, 5.74) is 3.86. The molecule has 0 radical (unpaired) electrons. The van der Waals surface area contributed by atoms with Gasteiger partial charge < -0.3 is 15.3 Å². The van der Waals surface area contributed by atoms with E-state index >= 15 is 0 Å². The molecular weight excluding hydrogens is 224 g/mol. The van der Waals surface area contributed by atoms with Crippen molar-refractivity contribution in [2.24, 2.45) is 0 Å². The number of rotatable bonds is 8. The first-order valence-corrected chi connectivity index (χ1v) is 6.82. The minimum Gasteiger partial charge on any atom is -0.395 e. The first kappa shape index (κ1) is 15.0. The Balaban J connectivity index is 2.81. The van der Waals surface area contributed by atoms with Crippen LogP contribution >= 0.6 is 0 Å². The molecule has 1 rings (SSSR count). The van der Waals surface area contributed by atoms with Gasteiger partial charge in [-0.25, -0.2) is 0 Å². The molecule has 1 aromatic rings. The number of nitrogens with zero attached hydrogens (tertiary/aromatic N) is 1. The summed E-state index contributed by atoms with van der Waals surface area (Å²) in [5.74, 6) is 0. The molecule has 1 aromatic carbocycles. The minimum absolute atomic E-state index is 0.209. The van der Waals surface area contributed by atoms with Gasteiger partial charge in [-0.1, -0.05) is 19.4 Å². The molecule has 0 atom stereocenters. The molecule has 18 heavy (non-hydrogen) atoms. The molecule has 0 unspecified atom stereocenters. The Morgan fingerprint density at radius 2 is 2.06 bits per heavy atom. The van der Waals surface area contributed by atoms with E-state index < -0.39 is 0 Å². The largest absolute Gasteiger partial charge is 0.395 e. The van der Waals surface area contributed by atoms with E-state index in [1.165, 1.54) is 23.2 Å². The fourth-order valence-corrected chi connectivity index (χ4v) is 2.11. The lowest BCUT2D eigenvalue weighted by Gasteiger charge is -2.24. The summed E-state index contributed by atoms with van der Waals surface area (Å²) in [4.78, 5) is 2.26. The van der Waals surface area contributed by atoms with Crippen molar-refractivity contribution in [1.82, 2.24) is 5.32 Å². The van der Waals surface area contributed by atoms with Crippen molar-refractivity contribution in [2.45, 2.75) is 33.2 Å². The van der Waals surface area contributed by atoms with Crippen LogP contribution in [0, 0.1) is 6.92 Å². The molecule has 0 fully saturated rings. The molecule has 0 aliphatic heterocycles. The monoisotopic (exact) mass is 250 g/mol. The Morgan fingerprint density at radius 1 is 1.28 bits per heavy atom. The molecule has 0 saturated heterocycles. The van der Waals surface area contributed by atoms with Crippen LogP contribution in [0.15, 0.2) is 18.2 Å². The Bertz CT molecular complexity index is 352. The van der Waals surface area contributed by atoms with Crippen molar-refractivity contribution >= 4 is 5.69 Å². The van der Waals surface area contributed by atoms with Gasteiger partial charge in [-0.15, -0.1) is 0 Å². The SMILES string of the molecule is CCCCN(CCO)c1ccc(CNC)c(C)c1.